The molecule has 0 radical (unpaired) electrons. The minimum absolute atomic E-state index is 0.0564. The lowest BCUT2D eigenvalue weighted by Crippen LogP contribution is -2.35. The lowest BCUT2D eigenvalue weighted by Gasteiger charge is -2.13. The summed E-state index contributed by atoms with van der Waals surface area (Å²) >= 11 is 0. The van der Waals surface area contributed by atoms with Crippen LogP contribution in [-0.2, 0) is 4.79 Å². The highest BCUT2D eigenvalue weighted by molar-refractivity contribution is 5.78. The third kappa shape index (κ3) is 4.34. The van der Waals surface area contributed by atoms with E-state index in [0.29, 0.717) is 6.54 Å². The molecule has 3 nitrogen and oxygen atoms in total. The number of carbonyl (C=O) groups excluding carboxylic acids is 1. The maximum Gasteiger partial charge on any atom is 0.223 e. The standard InChI is InChI=1S/C9H19NO2/c1-4-8(5-2)9(12)10-6-7(3)11/h7-8,11H,4-6H2,1-3H3,(H,10,12). The monoisotopic (exact) mass is 173 g/mol. The Morgan fingerprint density at radius 2 is 1.92 bits per heavy atom. The molecule has 1 unspecified atom stereocenters. The first-order valence-electron chi connectivity index (χ1n) is 4.57. The van der Waals surface area contributed by atoms with Crippen molar-refractivity contribution in [2.45, 2.75) is 39.7 Å². The summed E-state index contributed by atoms with van der Waals surface area (Å²) in [6.45, 7) is 6.01. The Kier molecular flexibility index (Phi) is 5.72. The van der Waals surface area contributed by atoms with Gasteiger partial charge in [0.1, 0.15) is 0 Å². The van der Waals surface area contributed by atoms with Crippen LogP contribution in [-0.4, -0.2) is 23.7 Å². The molecule has 0 spiro atoms. The summed E-state index contributed by atoms with van der Waals surface area (Å²) in [4.78, 5) is 11.3. The molecule has 0 aliphatic heterocycles. The molecular formula is C9H19NO2. The van der Waals surface area contributed by atoms with Gasteiger partial charge in [0.25, 0.3) is 0 Å². The molecular weight excluding hydrogens is 154 g/mol. The number of rotatable bonds is 5. The molecule has 72 valence electrons. The Morgan fingerprint density at radius 1 is 1.42 bits per heavy atom. The van der Waals surface area contributed by atoms with Crippen LogP contribution in [0.25, 0.3) is 0 Å². The molecule has 1 amide bonds. The number of hydrogen-bond acceptors (Lipinski definition) is 2. The van der Waals surface area contributed by atoms with Crippen molar-refractivity contribution >= 4 is 5.91 Å². The second kappa shape index (κ2) is 6.00. The normalized spacial score (nSPS) is 13.1. The molecule has 12 heavy (non-hydrogen) atoms. The van der Waals surface area contributed by atoms with Gasteiger partial charge in [-0.1, -0.05) is 13.8 Å². The second-order valence-corrected chi connectivity index (χ2v) is 3.11. The third-order valence-electron chi connectivity index (χ3n) is 1.93. The molecule has 0 aromatic rings. The molecule has 2 N–H and O–H groups in total. The molecule has 0 saturated carbocycles. The first-order valence-corrected chi connectivity index (χ1v) is 4.57. The van der Waals surface area contributed by atoms with Crippen LogP contribution in [0.3, 0.4) is 0 Å². The molecule has 0 aromatic heterocycles. The van der Waals surface area contributed by atoms with E-state index in [1.54, 1.807) is 6.92 Å². The first-order chi connectivity index (χ1) is 5.61. The van der Waals surface area contributed by atoms with Crippen LogP contribution in [0, 0.1) is 5.92 Å². The summed E-state index contributed by atoms with van der Waals surface area (Å²) in [5.41, 5.74) is 0. The summed E-state index contributed by atoms with van der Waals surface area (Å²) in [5.74, 6) is 0.157. The van der Waals surface area contributed by atoms with Crippen LogP contribution >= 0.6 is 0 Å². The summed E-state index contributed by atoms with van der Waals surface area (Å²) in [6.07, 6.45) is 1.27. The molecule has 0 saturated heterocycles. The summed E-state index contributed by atoms with van der Waals surface area (Å²) in [7, 11) is 0. The highest BCUT2D eigenvalue weighted by Gasteiger charge is 2.13. The fourth-order valence-electron chi connectivity index (χ4n) is 1.05. The fourth-order valence-corrected chi connectivity index (χ4v) is 1.05. The van der Waals surface area contributed by atoms with Crippen molar-refractivity contribution in [2.24, 2.45) is 5.92 Å². The average Bonchev–Trinajstić information content (AvgIpc) is 2.03. The molecule has 0 aromatic carbocycles. The zero-order chi connectivity index (χ0) is 9.56. The van der Waals surface area contributed by atoms with E-state index in [0.717, 1.165) is 12.8 Å². The number of hydrogen-bond donors (Lipinski definition) is 2. The first kappa shape index (κ1) is 11.4. The van der Waals surface area contributed by atoms with Crippen LogP contribution in [0.5, 0.6) is 0 Å². The number of amides is 1. The largest absolute Gasteiger partial charge is 0.392 e. The van der Waals surface area contributed by atoms with E-state index in [1.807, 2.05) is 13.8 Å². The van der Waals surface area contributed by atoms with Gasteiger partial charge in [-0.05, 0) is 19.8 Å². The zero-order valence-electron chi connectivity index (χ0n) is 8.13. The Balaban J connectivity index is 3.69. The van der Waals surface area contributed by atoms with Gasteiger partial charge in [0.15, 0.2) is 0 Å². The Labute approximate surface area is 74.2 Å². The van der Waals surface area contributed by atoms with Gasteiger partial charge >= 0.3 is 0 Å². The van der Waals surface area contributed by atoms with E-state index < -0.39 is 6.10 Å². The maximum atomic E-state index is 11.3. The number of nitrogens with one attached hydrogen (secondary N) is 1. The highest BCUT2D eigenvalue weighted by Crippen LogP contribution is 2.06. The summed E-state index contributed by atoms with van der Waals surface area (Å²) < 4.78 is 0. The number of carbonyl (C=O) groups is 1. The van der Waals surface area contributed by atoms with E-state index in [1.165, 1.54) is 0 Å². The van der Waals surface area contributed by atoms with E-state index in [-0.39, 0.29) is 11.8 Å². The topological polar surface area (TPSA) is 49.3 Å². The highest BCUT2D eigenvalue weighted by atomic mass is 16.3. The van der Waals surface area contributed by atoms with Crippen LogP contribution in [0.2, 0.25) is 0 Å². The Morgan fingerprint density at radius 3 is 2.25 bits per heavy atom. The number of aliphatic hydroxyl groups excluding tert-OH is 1. The zero-order valence-corrected chi connectivity index (χ0v) is 8.13. The van der Waals surface area contributed by atoms with Crippen LogP contribution in [0.1, 0.15) is 33.6 Å². The molecule has 0 bridgehead atoms. The van der Waals surface area contributed by atoms with Crippen molar-refractivity contribution in [3.05, 3.63) is 0 Å². The van der Waals surface area contributed by atoms with Gasteiger partial charge < -0.3 is 10.4 Å². The van der Waals surface area contributed by atoms with Gasteiger partial charge in [-0.2, -0.15) is 0 Å². The lowest BCUT2D eigenvalue weighted by molar-refractivity contribution is -0.125. The molecule has 0 aliphatic carbocycles. The Bertz CT molecular complexity index is 130. The van der Waals surface area contributed by atoms with Crippen molar-refractivity contribution in [1.82, 2.24) is 5.32 Å². The summed E-state index contributed by atoms with van der Waals surface area (Å²) in [5, 5.41) is 11.6. The second-order valence-electron chi connectivity index (χ2n) is 3.11. The number of aliphatic hydroxyl groups is 1. The van der Waals surface area contributed by atoms with E-state index in [9.17, 15) is 4.79 Å². The molecule has 0 fully saturated rings. The van der Waals surface area contributed by atoms with Gasteiger partial charge in [-0.3, -0.25) is 4.79 Å². The Hall–Kier alpha value is -0.570. The molecule has 0 aliphatic rings. The third-order valence-corrected chi connectivity index (χ3v) is 1.93. The van der Waals surface area contributed by atoms with Gasteiger partial charge in [-0.15, -0.1) is 0 Å². The van der Waals surface area contributed by atoms with Gasteiger partial charge in [0.05, 0.1) is 6.10 Å². The molecule has 0 heterocycles. The minimum atomic E-state index is -0.455. The van der Waals surface area contributed by atoms with E-state index >= 15 is 0 Å². The quantitative estimate of drug-likeness (QED) is 0.649. The molecule has 3 heteroatoms. The SMILES string of the molecule is CCC(CC)C(=O)NCC(C)O. The van der Waals surface area contributed by atoms with E-state index in [4.69, 9.17) is 5.11 Å². The van der Waals surface area contributed by atoms with E-state index in [2.05, 4.69) is 5.32 Å². The van der Waals surface area contributed by atoms with Gasteiger partial charge in [0.2, 0.25) is 5.91 Å². The predicted molar refractivity (Wildman–Crippen MR) is 48.8 cm³/mol. The maximum absolute atomic E-state index is 11.3. The lowest BCUT2D eigenvalue weighted by atomic mass is 10.0. The fraction of sp³-hybridized carbons (Fsp3) is 0.889. The van der Waals surface area contributed by atoms with Crippen LogP contribution < -0.4 is 5.32 Å². The van der Waals surface area contributed by atoms with Crippen LogP contribution in [0.4, 0.5) is 0 Å². The summed E-state index contributed by atoms with van der Waals surface area (Å²) in [6, 6.07) is 0. The van der Waals surface area contributed by atoms with Crippen molar-refractivity contribution in [1.29, 1.82) is 0 Å². The smallest absolute Gasteiger partial charge is 0.223 e. The van der Waals surface area contributed by atoms with Crippen molar-refractivity contribution in [2.75, 3.05) is 6.54 Å². The van der Waals surface area contributed by atoms with Crippen molar-refractivity contribution in [3.63, 3.8) is 0 Å². The van der Waals surface area contributed by atoms with Crippen molar-refractivity contribution < 1.29 is 9.90 Å². The van der Waals surface area contributed by atoms with Gasteiger partial charge in [0, 0.05) is 12.5 Å². The average molecular weight is 173 g/mol. The predicted octanol–water partition coefficient (Wildman–Crippen LogP) is 0.920. The molecule has 1 atom stereocenters. The molecule has 0 rings (SSSR count). The van der Waals surface area contributed by atoms with Gasteiger partial charge in [-0.25, -0.2) is 0 Å². The minimum Gasteiger partial charge on any atom is -0.392 e. The van der Waals surface area contributed by atoms with Crippen molar-refractivity contribution in [3.8, 4) is 0 Å². The van der Waals surface area contributed by atoms with Crippen LogP contribution in [0.15, 0.2) is 0 Å².